The SMILES string of the molecule is N#Cc1nc(-c2ccc(NS(=O)(=O)c3ccc(Cl)c(Cl)c3)cc2Cl)ccc1F. The van der Waals surface area contributed by atoms with Crippen LogP contribution in [0, 0.1) is 17.1 Å². The molecule has 5 nitrogen and oxygen atoms in total. The maximum Gasteiger partial charge on any atom is 0.261 e. The third kappa shape index (κ3) is 4.21. The zero-order valence-electron chi connectivity index (χ0n) is 13.7. The smallest absolute Gasteiger partial charge is 0.261 e. The molecule has 3 aromatic rings. The van der Waals surface area contributed by atoms with Gasteiger partial charge in [0.15, 0.2) is 11.5 Å². The number of rotatable bonds is 4. The molecule has 0 aliphatic carbocycles. The highest BCUT2D eigenvalue weighted by molar-refractivity contribution is 7.92. The van der Waals surface area contributed by atoms with Gasteiger partial charge in [-0.2, -0.15) is 5.26 Å². The molecule has 2 aromatic carbocycles. The van der Waals surface area contributed by atoms with Gasteiger partial charge in [-0.25, -0.2) is 17.8 Å². The molecule has 3 rings (SSSR count). The van der Waals surface area contributed by atoms with Crippen LogP contribution in [0.15, 0.2) is 53.4 Å². The molecule has 0 unspecified atom stereocenters. The maximum absolute atomic E-state index is 13.4. The van der Waals surface area contributed by atoms with Crippen molar-refractivity contribution in [1.29, 1.82) is 5.26 Å². The van der Waals surface area contributed by atoms with Gasteiger partial charge in [-0.3, -0.25) is 4.72 Å². The first-order valence-corrected chi connectivity index (χ1v) is 10.2. The first-order valence-electron chi connectivity index (χ1n) is 7.56. The molecule has 0 aliphatic heterocycles. The molecule has 1 N–H and O–H groups in total. The van der Waals surface area contributed by atoms with Crippen molar-refractivity contribution in [2.45, 2.75) is 4.90 Å². The number of nitrogens with one attached hydrogen (secondary N) is 1. The van der Waals surface area contributed by atoms with Crippen LogP contribution >= 0.6 is 34.8 Å². The third-order valence-corrected chi connectivity index (χ3v) is 6.08. The molecule has 28 heavy (non-hydrogen) atoms. The van der Waals surface area contributed by atoms with Crippen molar-refractivity contribution >= 4 is 50.5 Å². The van der Waals surface area contributed by atoms with Crippen LogP contribution in [0.1, 0.15) is 5.69 Å². The first kappa shape index (κ1) is 20.4. The zero-order chi connectivity index (χ0) is 20.5. The minimum Gasteiger partial charge on any atom is -0.280 e. The van der Waals surface area contributed by atoms with E-state index in [9.17, 15) is 12.8 Å². The summed E-state index contributed by atoms with van der Waals surface area (Å²) < 4.78 is 40.8. The second kappa shape index (κ2) is 7.94. The van der Waals surface area contributed by atoms with Gasteiger partial charge < -0.3 is 0 Å². The predicted octanol–water partition coefficient (Wildman–Crippen LogP) is 5.52. The lowest BCUT2D eigenvalue weighted by molar-refractivity contribution is 0.601. The number of hydrogen-bond acceptors (Lipinski definition) is 4. The molecule has 0 spiro atoms. The van der Waals surface area contributed by atoms with Crippen LogP contribution in [-0.4, -0.2) is 13.4 Å². The summed E-state index contributed by atoms with van der Waals surface area (Å²) in [6, 6.07) is 12.4. The number of benzene rings is 2. The second-order valence-electron chi connectivity index (χ2n) is 5.51. The molecule has 0 amide bonds. The molecule has 0 bridgehead atoms. The number of anilines is 1. The van der Waals surface area contributed by atoms with Gasteiger partial charge in [0.1, 0.15) is 6.07 Å². The fourth-order valence-corrected chi connectivity index (χ4v) is 4.03. The largest absolute Gasteiger partial charge is 0.280 e. The first-order chi connectivity index (χ1) is 13.2. The Morgan fingerprint density at radius 2 is 1.71 bits per heavy atom. The molecule has 10 heteroatoms. The number of halogens is 4. The van der Waals surface area contributed by atoms with Crippen LogP contribution in [0.25, 0.3) is 11.3 Å². The van der Waals surface area contributed by atoms with Gasteiger partial charge in [-0.1, -0.05) is 34.8 Å². The van der Waals surface area contributed by atoms with E-state index in [1.807, 2.05) is 0 Å². The normalized spacial score (nSPS) is 11.1. The molecule has 0 atom stereocenters. The topological polar surface area (TPSA) is 82.8 Å². The second-order valence-corrected chi connectivity index (χ2v) is 8.42. The lowest BCUT2D eigenvalue weighted by Gasteiger charge is -2.11. The molecular weight excluding hydrogens is 448 g/mol. The van der Waals surface area contributed by atoms with Crippen LogP contribution in [0.2, 0.25) is 15.1 Å². The van der Waals surface area contributed by atoms with Gasteiger partial charge in [-0.05, 0) is 48.5 Å². The summed E-state index contributed by atoms with van der Waals surface area (Å²) in [4.78, 5) is 3.84. The quantitative estimate of drug-likeness (QED) is 0.560. The minimum atomic E-state index is -3.92. The summed E-state index contributed by atoms with van der Waals surface area (Å²) in [5.74, 6) is -0.742. The van der Waals surface area contributed by atoms with E-state index >= 15 is 0 Å². The maximum atomic E-state index is 13.4. The Hall–Kier alpha value is -2.37. The van der Waals surface area contributed by atoms with E-state index in [2.05, 4.69) is 9.71 Å². The standard InChI is InChI=1S/C18H9Cl3FN3O2S/c19-13-4-2-11(8-15(13)21)28(26,27)25-10-1-3-12(14(20)7-10)17-6-5-16(22)18(9-23)24-17/h1-8,25H. The number of aromatic nitrogens is 1. The summed E-state index contributed by atoms with van der Waals surface area (Å²) in [6.45, 7) is 0. The van der Waals surface area contributed by atoms with Gasteiger partial charge in [0.25, 0.3) is 10.0 Å². The van der Waals surface area contributed by atoms with Crippen LogP contribution < -0.4 is 4.72 Å². The Labute approximate surface area is 175 Å². The Morgan fingerprint density at radius 3 is 2.36 bits per heavy atom. The Balaban J connectivity index is 1.92. The van der Waals surface area contributed by atoms with Crippen molar-refractivity contribution in [3.05, 3.63) is 75.1 Å². The summed E-state index contributed by atoms with van der Waals surface area (Å²) in [7, 11) is -3.92. The number of nitrogens with zero attached hydrogens (tertiary/aromatic N) is 2. The molecule has 0 radical (unpaired) electrons. The fraction of sp³-hybridized carbons (Fsp3) is 0. The zero-order valence-corrected chi connectivity index (χ0v) is 16.8. The predicted molar refractivity (Wildman–Crippen MR) is 107 cm³/mol. The van der Waals surface area contributed by atoms with Crippen LogP contribution in [-0.2, 0) is 10.0 Å². The average Bonchev–Trinajstić information content (AvgIpc) is 2.64. The lowest BCUT2D eigenvalue weighted by Crippen LogP contribution is -2.13. The fourth-order valence-electron chi connectivity index (χ4n) is 2.31. The van der Waals surface area contributed by atoms with E-state index in [0.29, 0.717) is 5.56 Å². The average molecular weight is 457 g/mol. The van der Waals surface area contributed by atoms with Crippen molar-refractivity contribution in [3.8, 4) is 17.3 Å². The number of nitriles is 1. The number of pyridine rings is 1. The number of sulfonamides is 1. The van der Waals surface area contributed by atoms with Crippen LogP contribution in [0.5, 0.6) is 0 Å². The van der Waals surface area contributed by atoms with Crippen LogP contribution in [0.4, 0.5) is 10.1 Å². The highest BCUT2D eigenvalue weighted by Gasteiger charge is 2.17. The monoisotopic (exact) mass is 455 g/mol. The molecule has 1 aromatic heterocycles. The van der Waals surface area contributed by atoms with Crippen molar-refractivity contribution in [2.75, 3.05) is 4.72 Å². The molecule has 0 saturated heterocycles. The molecule has 0 aliphatic rings. The van der Waals surface area contributed by atoms with Crippen LogP contribution in [0.3, 0.4) is 0 Å². The highest BCUT2D eigenvalue weighted by Crippen LogP contribution is 2.31. The summed E-state index contributed by atoms with van der Waals surface area (Å²) in [5.41, 5.74) is 0.526. The Morgan fingerprint density at radius 1 is 0.964 bits per heavy atom. The van der Waals surface area contributed by atoms with Crippen molar-refractivity contribution in [2.24, 2.45) is 0 Å². The van der Waals surface area contributed by atoms with Gasteiger partial charge in [0.2, 0.25) is 0 Å². The molecular formula is C18H9Cl3FN3O2S. The van der Waals surface area contributed by atoms with Crippen molar-refractivity contribution in [3.63, 3.8) is 0 Å². The number of hydrogen-bond donors (Lipinski definition) is 1. The molecule has 1 heterocycles. The van der Waals surface area contributed by atoms with Gasteiger partial charge in [0, 0.05) is 5.56 Å². The van der Waals surface area contributed by atoms with Crippen molar-refractivity contribution in [1.82, 2.24) is 4.98 Å². The molecule has 0 fully saturated rings. The highest BCUT2D eigenvalue weighted by atomic mass is 35.5. The Bertz CT molecular complexity index is 1230. The summed E-state index contributed by atoms with van der Waals surface area (Å²) in [6.07, 6.45) is 0. The van der Waals surface area contributed by atoms with E-state index in [1.54, 1.807) is 6.07 Å². The summed E-state index contributed by atoms with van der Waals surface area (Å²) >= 11 is 17.9. The third-order valence-electron chi connectivity index (χ3n) is 3.65. The van der Waals surface area contributed by atoms with Gasteiger partial charge in [0.05, 0.1) is 31.3 Å². The minimum absolute atomic E-state index is 0.0686. The molecule has 0 saturated carbocycles. The van der Waals surface area contributed by atoms with E-state index in [0.717, 1.165) is 6.07 Å². The van der Waals surface area contributed by atoms with Gasteiger partial charge in [-0.15, -0.1) is 0 Å². The van der Waals surface area contributed by atoms with Gasteiger partial charge >= 0.3 is 0 Å². The Kier molecular flexibility index (Phi) is 5.77. The van der Waals surface area contributed by atoms with E-state index in [-0.39, 0.29) is 37.0 Å². The van der Waals surface area contributed by atoms with E-state index < -0.39 is 15.8 Å². The summed E-state index contributed by atoms with van der Waals surface area (Å²) in [5, 5.41) is 9.40. The van der Waals surface area contributed by atoms with Crippen molar-refractivity contribution < 1.29 is 12.8 Å². The lowest BCUT2D eigenvalue weighted by atomic mass is 10.1. The van der Waals surface area contributed by atoms with E-state index in [1.165, 1.54) is 42.5 Å². The van der Waals surface area contributed by atoms with E-state index in [4.69, 9.17) is 40.1 Å². The molecule has 142 valence electrons.